The minimum absolute atomic E-state index is 0.285. The van der Waals surface area contributed by atoms with Gasteiger partial charge >= 0.3 is 18.0 Å². The zero-order valence-electron chi connectivity index (χ0n) is 15.8. The van der Waals surface area contributed by atoms with Crippen LogP contribution in [-0.4, -0.2) is 47.4 Å². The number of rotatable bonds is 3. The van der Waals surface area contributed by atoms with Crippen LogP contribution >= 0.6 is 0 Å². The van der Waals surface area contributed by atoms with E-state index in [0.717, 1.165) is 19.3 Å². The molecule has 0 saturated carbocycles. The molecule has 2 aliphatic rings. The number of amides is 1. The molecule has 0 spiro atoms. The number of likely N-dealkylation sites (tertiary alicyclic amines) is 1. The smallest absolute Gasteiger partial charge is 0.410 e. The monoisotopic (exact) mass is 355 g/mol. The summed E-state index contributed by atoms with van der Waals surface area (Å²) in [6.45, 7) is 9.90. The number of nitrogens with zero attached hydrogens (tertiary/aromatic N) is 1. The maximum Gasteiger partial charge on any atom is 0.410 e. The second-order valence-corrected chi connectivity index (χ2v) is 8.28. The molecule has 0 atom stereocenters. The van der Waals surface area contributed by atoms with Crippen molar-refractivity contribution < 1.29 is 28.6 Å². The van der Waals surface area contributed by atoms with Crippen molar-refractivity contribution in [3.8, 4) is 0 Å². The number of hydrogen-bond donors (Lipinski definition) is 0. The molecule has 0 aliphatic carbocycles. The summed E-state index contributed by atoms with van der Waals surface area (Å²) in [6.07, 6.45) is 2.54. The molecule has 0 aromatic rings. The van der Waals surface area contributed by atoms with E-state index in [-0.39, 0.29) is 6.09 Å². The van der Waals surface area contributed by atoms with Crippen molar-refractivity contribution in [1.82, 2.24) is 4.90 Å². The molecule has 0 N–H and O–H groups in total. The van der Waals surface area contributed by atoms with Crippen molar-refractivity contribution in [2.24, 2.45) is 11.8 Å². The Kier molecular flexibility index (Phi) is 5.64. The van der Waals surface area contributed by atoms with Crippen LogP contribution in [0.5, 0.6) is 0 Å². The fraction of sp³-hybridized carbons (Fsp3) is 0.833. The number of hydrogen-bond acceptors (Lipinski definition) is 6. The summed E-state index contributed by atoms with van der Waals surface area (Å²) >= 11 is 0. The lowest BCUT2D eigenvalue weighted by molar-refractivity contribution is -0.240. The third kappa shape index (κ3) is 5.61. The van der Waals surface area contributed by atoms with E-state index in [2.05, 4.69) is 0 Å². The van der Waals surface area contributed by atoms with Gasteiger partial charge in [0.2, 0.25) is 0 Å². The maximum atomic E-state index is 12.1. The predicted octanol–water partition coefficient (Wildman–Crippen LogP) is 2.87. The Labute approximate surface area is 149 Å². The lowest BCUT2D eigenvalue weighted by Crippen LogP contribution is -2.46. The van der Waals surface area contributed by atoms with E-state index >= 15 is 0 Å². The zero-order valence-corrected chi connectivity index (χ0v) is 15.8. The van der Waals surface area contributed by atoms with Crippen LogP contribution in [0.15, 0.2) is 0 Å². The molecule has 0 aromatic carbocycles. The third-order valence-electron chi connectivity index (χ3n) is 4.39. The molecule has 0 bridgehead atoms. The Morgan fingerprint density at radius 1 is 1.12 bits per heavy atom. The lowest BCUT2D eigenvalue weighted by atomic mass is 9.88. The summed E-state index contributed by atoms with van der Waals surface area (Å²) in [5.74, 6) is -2.66. The van der Waals surface area contributed by atoms with E-state index < -0.39 is 29.2 Å². The Hall–Kier alpha value is -1.79. The van der Waals surface area contributed by atoms with Gasteiger partial charge < -0.3 is 19.1 Å². The van der Waals surface area contributed by atoms with Crippen molar-refractivity contribution >= 4 is 18.0 Å². The summed E-state index contributed by atoms with van der Waals surface area (Å²) in [4.78, 5) is 37.7. The van der Waals surface area contributed by atoms with Crippen LogP contribution in [0.25, 0.3) is 0 Å². The van der Waals surface area contributed by atoms with E-state index in [1.54, 1.807) is 18.7 Å². The highest BCUT2D eigenvalue weighted by atomic mass is 16.7. The van der Waals surface area contributed by atoms with Crippen LogP contribution in [0.1, 0.15) is 60.3 Å². The molecule has 2 heterocycles. The molecule has 142 valence electrons. The number of carbonyl (C=O) groups excluding carboxylic acids is 3. The quantitative estimate of drug-likeness (QED) is 0.572. The van der Waals surface area contributed by atoms with Crippen molar-refractivity contribution in [1.29, 1.82) is 0 Å². The van der Waals surface area contributed by atoms with Gasteiger partial charge in [-0.05, 0) is 52.4 Å². The molecule has 2 aliphatic heterocycles. The molecule has 0 unspecified atom stereocenters. The fourth-order valence-electron chi connectivity index (χ4n) is 3.11. The van der Waals surface area contributed by atoms with E-state index in [9.17, 15) is 14.4 Å². The molecule has 7 nitrogen and oxygen atoms in total. The summed E-state index contributed by atoms with van der Waals surface area (Å²) in [7, 11) is 0. The maximum absolute atomic E-state index is 12.1. The van der Waals surface area contributed by atoms with Crippen LogP contribution in [-0.2, 0) is 23.8 Å². The molecular weight excluding hydrogens is 326 g/mol. The van der Waals surface area contributed by atoms with Crippen molar-refractivity contribution in [2.75, 3.05) is 13.1 Å². The Balaban J connectivity index is 1.76. The molecule has 2 fully saturated rings. The zero-order chi connectivity index (χ0) is 18.8. The van der Waals surface area contributed by atoms with Gasteiger partial charge in [0, 0.05) is 26.9 Å². The first-order valence-electron chi connectivity index (χ1n) is 8.90. The summed E-state index contributed by atoms with van der Waals surface area (Å²) in [5, 5.41) is 0. The van der Waals surface area contributed by atoms with Crippen molar-refractivity contribution in [3.05, 3.63) is 0 Å². The number of piperidine rings is 1. The van der Waals surface area contributed by atoms with Gasteiger partial charge in [0.1, 0.15) is 5.60 Å². The standard InChI is InChI=1S/C18H29NO6/c1-17(2,3)25-16(22)19-10-8-12(9-11-19)6-7-13-14(20)23-18(4,5)24-15(13)21/h12-13H,6-11H2,1-5H3. The molecule has 2 saturated heterocycles. The van der Waals surface area contributed by atoms with Crippen molar-refractivity contribution in [2.45, 2.75) is 71.7 Å². The predicted molar refractivity (Wildman–Crippen MR) is 89.5 cm³/mol. The third-order valence-corrected chi connectivity index (χ3v) is 4.39. The topological polar surface area (TPSA) is 82.1 Å². The molecular formula is C18H29NO6. The second kappa shape index (κ2) is 7.22. The number of esters is 2. The largest absolute Gasteiger partial charge is 0.444 e. The van der Waals surface area contributed by atoms with Gasteiger partial charge in [-0.3, -0.25) is 9.59 Å². The highest BCUT2D eigenvalue weighted by Crippen LogP contribution is 2.30. The summed E-state index contributed by atoms with van der Waals surface area (Å²) in [5.41, 5.74) is -0.497. The van der Waals surface area contributed by atoms with Gasteiger partial charge in [0.05, 0.1) is 0 Å². The van der Waals surface area contributed by atoms with Crippen LogP contribution in [0.3, 0.4) is 0 Å². The lowest BCUT2D eigenvalue weighted by Gasteiger charge is -2.35. The highest BCUT2D eigenvalue weighted by molar-refractivity contribution is 5.96. The summed E-state index contributed by atoms with van der Waals surface area (Å²) in [6, 6.07) is 0. The van der Waals surface area contributed by atoms with Gasteiger partial charge in [-0.15, -0.1) is 0 Å². The van der Waals surface area contributed by atoms with E-state index in [1.807, 2.05) is 20.8 Å². The Morgan fingerprint density at radius 3 is 2.12 bits per heavy atom. The molecule has 0 aromatic heterocycles. The first kappa shape index (κ1) is 19.5. The van der Waals surface area contributed by atoms with Gasteiger partial charge in [-0.1, -0.05) is 0 Å². The minimum Gasteiger partial charge on any atom is -0.444 e. The van der Waals surface area contributed by atoms with Gasteiger partial charge in [-0.25, -0.2) is 4.79 Å². The van der Waals surface area contributed by atoms with Crippen LogP contribution in [0.4, 0.5) is 4.79 Å². The Bertz CT molecular complexity index is 508. The molecule has 1 amide bonds. The van der Waals surface area contributed by atoms with E-state index in [1.165, 1.54) is 0 Å². The average Bonchev–Trinajstić information content (AvgIpc) is 2.44. The first-order chi connectivity index (χ1) is 11.5. The number of ether oxygens (including phenoxy) is 3. The summed E-state index contributed by atoms with van der Waals surface area (Å²) < 4.78 is 15.7. The number of carbonyl (C=O) groups is 3. The average molecular weight is 355 g/mol. The molecule has 0 radical (unpaired) electrons. The van der Waals surface area contributed by atoms with E-state index in [4.69, 9.17) is 14.2 Å². The first-order valence-corrected chi connectivity index (χ1v) is 8.90. The van der Waals surface area contributed by atoms with Crippen LogP contribution in [0, 0.1) is 11.8 Å². The normalized spacial score (nSPS) is 22.4. The van der Waals surface area contributed by atoms with E-state index in [0.29, 0.717) is 25.4 Å². The van der Waals surface area contributed by atoms with Crippen LogP contribution < -0.4 is 0 Å². The van der Waals surface area contributed by atoms with Gasteiger partial charge in [-0.2, -0.15) is 0 Å². The Morgan fingerprint density at radius 2 is 1.64 bits per heavy atom. The molecule has 7 heteroatoms. The molecule has 2 rings (SSSR count). The van der Waals surface area contributed by atoms with Gasteiger partial charge in [0.25, 0.3) is 5.79 Å². The van der Waals surface area contributed by atoms with Crippen LogP contribution in [0.2, 0.25) is 0 Å². The second-order valence-electron chi connectivity index (χ2n) is 8.28. The van der Waals surface area contributed by atoms with Crippen molar-refractivity contribution in [3.63, 3.8) is 0 Å². The highest BCUT2D eigenvalue weighted by Gasteiger charge is 2.43. The fourth-order valence-corrected chi connectivity index (χ4v) is 3.11. The minimum atomic E-state index is -1.18. The number of cyclic esters (lactones) is 2. The SMILES string of the molecule is CC(C)(C)OC(=O)N1CCC(CCC2C(=O)OC(C)(C)OC2=O)CC1. The molecule has 25 heavy (non-hydrogen) atoms. The van der Waals surface area contributed by atoms with Gasteiger partial charge in [0.15, 0.2) is 5.92 Å².